The fourth-order valence-electron chi connectivity index (χ4n) is 1.82. The van der Waals surface area contributed by atoms with E-state index in [2.05, 4.69) is 0 Å². The third-order valence-electron chi connectivity index (χ3n) is 2.92. The number of cyclic esters (lactones) is 1. The number of ketones is 1. The highest BCUT2D eigenvalue weighted by molar-refractivity contribution is 6.10. The first-order chi connectivity index (χ1) is 10.4. The number of hydrogen-bond acceptors (Lipinski definition) is 8. The normalized spacial score (nSPS) is 22.1. The van der Waals surface area contributed by atoms with E-state index in [4.69, 9.17) is 14.2 Å². The highest BCUT2D eigenvalue weighted by atomic mass is 16.6. The van der Waals surface area contributed by atoms with Crippen molar-refractivity contribution < 1.29 is 38.5 Å². The van der Waals surface area contributed by atoms with Crippen molar-refractivity contribution in [1.82, 2.24) is 0 Å². The van der Waals surface area contributed by atoms with E-state index in [0.29, 0.717) is 12.8 Å². The van der Waals surface area contributed by atoms with Crippen LogP contribution in [0.4, 0.5) is 0 Å². The molecule has 0 radical (unpaired) electrons. The van der Waals surface area contributed by atoms with E-state index in [1.807, 2.05) is 0 Å². The maximum Gasteiger partial charge on any atom is 0.356 e. The van der Waals surface area contributed by atoms with Gasteiger partial charge in [-0.25, -0.2) is 4.79 Å². The summed E-state index contributed by atoms with van der Waals surface area (Å²) in [5.74, 6) is -3.10. The first-order valence-corrected chi connectivity index (χ1v) is 7.18. The zero-order valence-electron chi connectivity index (χ0n) is 12.6. The summed E-state index contributed by atoms with van der Waals surface area (Å²) in [5.41, 5.74) is 0. The summed E-state index contributed by atoms with van der Waals surface area (Å²) in [6.07, 6.45) is -3.31. The summed E-state index contributed by atoms with van der Waals surface area (Å²) >= 11 is 0. The minimum Gasteiger partial charge on any atom is -0.463 e. The van der Waals surface area contributed by atoms with E-state index in [1.165, 1.54) is 0 Å². The van der Waals surface area contributed by atoms with Gasteiger partial charge < -0.3 is 19.3 Å². The second-order valence-corrected chi connectivity index (χ2v) is 4.88. The van der Waals surface area contributed by atoms with E-state index in [-0.39, 0.29) is 12.8 Å². The number of carbonyl (C=O) groups excluding carboxylic acids is 4. The number of ether oxygens (including phenoxy) is 3. The van der Waals surface area contributed by atoms with Crippen LogP contribution < -0.4 is 0 Å². The van der Waals surface area contributed by atoms with Crippen LogP contribution in [-0.2, 0) is 33.4 Å². The van der Waals surface area contributed by atoms with Gasteiger partial charge in [0, 0.05) is 12.8 Å². The Hall–Kier alpha value is -1.96. The predicted molar refractivity (Wildman–Crippen MR) is 71.5 cm³/mol. The first-order valence-electron chi connectivity index (χ1n) is 7.18. The van der Waals surface area contributed by atoms with Gasteiger partial charge in [0.05, 0.1) is 0 Å². The lowest BCUT2D eigenvalue weighted by atomic mass is 10.1. The molecule has 1 fully saturated rings. The van der Waals surface area contributed by atoms with Crippen LogP contribution in [0, 0.1) is 0 Å². The minimum atomic E-state index is -1.66. The van der Waals surface area contributed by atoms with Gasteiger partial charge in [0.25, 0.3) is 6.10 Å². The second-order valence-electron chi connectivity index (χ2n) is 4.88. The molecule has 0 saturated carbocycles. The van der Waals surface area contributed by atoms with E-state index < -0.39 is 48.6 Å². The third-order valence-corrected chi connectivity index (χ3v) is 2.92. The lowest BCUT2D eigenvalue weighted by Crippen LogP contribution is -2.39. The van der Waals surface area contributed by atoms with E-state index in [1.54, 1.807) is 13.8 Å². The minimum absolute atomic E-state index is 0.0684. The molecule has 0 amide bonds. The van der Waals surface area contributed by atoms with Crippen molar-refractivity contribution >= 4 is 23.7 Å². The summed E-state index contributed by atoms with van der Waals surface area (Å²) in [6, 6.07) is 0. The Morgan fingerprint density at radius 3 is 2.36 bits per heavy atom. The first kappa shape index (κ1) is 18.1. The fourth-order valence-corrected chi connectivity index (χ4v) is 1.82. The van der Waals surface area contributed by atoms with Crippen LogP contribution in [0.2, 0.25) is 0 Å². The van der Waals surface area contributed by atoms with Gasteiger partial charge in [-0.05, 0) is 12.8 Å². The Labute approximate surface area is 127 Å². The van der Waals surface area contributed by atoms with Gasteiger partial charge in [-0.15, -0.1) is 0 Å². The second kappa shape index (κ2) is 8.47. The summed E-state index contributed by atoms with van der Waals surface area (Å²) in [5, 5.41) is 9.79. The lowest BCUT2D eigenvalue weighted by molar-refractivity contribution is -0.163. The standard InChI is InChI=1S/C14H20O8/c1-3-5-9(16)20-7-8(15)12-11(18)13(14(19)22-12)21-10(17)6-4-2/h8,12-13,15H,3-7H2,1-2H3/t8-,12+,13?/m0/s1. The Morgan fingerprint density at radius 2 is 1.77 bits per heavy atom. The van der Waals surface area contributed by atoms with Gasteiger partial charge in [-0.2, -0.15) is 0 Å². The van der Waals surface area contributed by atoms with Gasteiger partial charge in [0.1, 0.15) is 12.7 Å². The molecular weight excluding hydrogens is 296 g/mol. The quantitative estimate of drug-likeness (QED) is 0.375. The van der Waals surface area contributed by atoms with E-state index in [9.17, 15) is 24.3 Å². The molecule has 8 nitrogen and oxygen atoms in total. The maximum absolute atomic E-state index is 11.9. The van der Waals surface area contributed by atoms with Gasteiger partial charge in [-0.1, -0.05) is 13.8 Å². The van der Waals surface area contributed by atoms with Gasteiger partial charge in [0.2, 0.25) is 5.78 Å². The molecule has 22 heavy (non-hydrogen) atoms. The molecule has 0 aliphatic carbocycles. The molecular formula is C14H20O8. The summed E-state index contributed by atoms with van der Waals surface area (Å²) in [7, 11) is 0. The highest BCUT2D eigenvalue weighted by Gasteiger charge is 2.49. The van der Waals surface area contributed by atoms with Crippen molar-refractivity contribution in [3.05, 3.63) is 0 Å². The number of Topliss-reactive ketones (excluding diaryl/α,β-unsaturated/α-hetero) is 1. The molecule has 0 aromatic rings. The van der Waals surface area contributed by atoms with Crippen molar-refractivity contribution in [1.29, 1.82) is 0 Å². The maximum atomic E-state index is 11.9. The molecule has 1 saturated heterocycles. The van der Waals surface area contributed by atoms with Gasteiger partial charge >= 0.3 is 17.9 Å². The Kier molecular flexibility index (Phi) is 6.97. The van der Waals surface area contributed by atoms with Crippen LogP contribution in [0.3, 0.4) is 0 Å². The monoisotopic (exact) mass is 316 g/mol. The van der Waals surface area contributed by atoms with Crippen LogP contribution in [0.1, 0.15) is 39.5 Å². The molecule has 8 heteroatoms. The molecule has 1 rings (SSSR count). The molecule has 0 spiro atoms. The molecule has 1 N–H and O–H groups in total. The SMILES string of the molecule is CCCC(=O)OC[C@H](O)[C@H]1OC(=O)C(OC(=O)CCC)C1=O. The van der Waals surface area contributed by atoms with E-state index >= 15 is 0 Å². The van der Waals surface area contributed by atoms with Crippen LogP contribution in [0.15, 0.2) is 0 Å². The number of carbonyl (C=O) groups is 4. The highest BCUT2D eigenvalue weighted by Crippen LogP contribution is 2.18. The fraction of sp³-hybridized carbons (Fsp3) is 0.714. The van der Waals surface area contributed by atoms with Crippen LogP contribution in [0.5, 0.6) is 0 Å². The Bertz CT molecular complexity index is 444. The van der Waals surface area contributed by atoms with Gasteiger partial charge in [-0.3, -0.25) is 14.4 Å². The average Bonchev–Trinajstić information content (AvgIpc) is 2.73. The number of hydrogen-bond donors (Lipinski definition) is 1. The number of aliphatic hydroxyl groups excluding tert-OH is 1. The zero-order valence-corrected chi connectivity index (χ0v) is 12.6. The van der Waals surface area contributed by atoms with Crippen LogP contribution in [-0.4, -0.2) is 53.7 Å². The zero-order chi connectivity index (χ0) is 16.7. The third kappa shape index (κ3) is 4.80. The predicted octanol–water partition coefficient (Wildman–Crippen LogP) is -0.103. The summed E-state index contributed by atoms with van der Waals surface area (Å²) in [4.78, 5) is 46.0. The molecule has 1 aliphatic heterocycles. The molecule has 3 atom stereocenters. The van der Waals surface area contributed by atoms with Gasteiger partial charge in [0.15, 0.2) is 6.10 Å². The molecule has 0 bridgehead atoms. The van der Waals surface area contributed by atoms with Crippen molar-refractivity contribution in [2.75, 3.05) is 6.61 Å². The number of rotatable bonds is 8. The molecule has 1 unspecified atom stereocenters. The number of esters is 3. The summed E-state index contributed by atoms with van der Waals surface area (Å²) < 4.78 is 14.2. The topological polar surface area (TPSA) is 116 Å². The molecule has 0 aromatic carbocycles. The van der Waals surface area contributed by atoms with Crippen molar-refractivity contribution in [2.45, 2.75) is 57.8 Å². The Morgan fingerprint density at radius 1 is 1.18 bits per heavy atom. The molecule has 1 heterocycles. The lowest BCUT2D eigenvalue weighted by Gasteiger charge is -2.15. The van der Waals surface area contributed by atoms with Crippen molar-refractivity contribution in [3.63, 3.8) is 0 Å². The average molecular weight is 316 g/mol. The van der Waals surface area contributed by atoms with Crippen molar-refractivity contribution in [3.8, 4) is 0 Å². The largest absolute Gasteiger partial charge is 0.463 e. The number of aliphatic hydroxyl groups is 1. The van der Waals surface area contributed by atoms with Crippen LogP contribution >= 0.6 is 0 Å². The van der Waals surface area contributed by atoms with Crippen molar-refractivity contribution in [2.24, 2.45) is 0 Å². The Balaban J connectivity index is 2.55. The smallest absolute Gasteiger partial charge is 0.356 e. The molecule has 1 aliphatic rings. The molecule has 0 aromatic heterocycles. The van der Waals surface area contributed by atoms with E-state index in [0.717, 1.165) is 0 Å². The summed E-state index contributed by atoms with van der Waals surface area (Å²) in [6.45, 7) is 3.06. The van der Waals surface area contributed by atoms with Crippen LogP contribution in [0.25, 0.3) is 0 Å². The molecule has 124 valence electrons.